The number of carbonyl (C=O) groups excluding carboxylic acids is 4. The fourth-order valence-corrected chi connectivity index (χ4v) is 2.31. The quantitative estimate of drug-likeness (QED) is 0.447. The largest absolute Gasteiger partial charge is 0.471 e. The Morgan fingerprint density at radius 2 is 1.52 bits per heavy atom. The van der Waals surface area contributed by atoms with Crippen LogP contribution in [0.25, 0.3) is 0 Å². The second kappa shape index (κ2) is 8.99. The van der Waals surface area contributed by atoms with E-state index in [0.29, 0.717) is 0 Å². The molecule has 1 aliphatic rings. The Morgan fingerprint density at radius 3 is 1.96 bits per heavy atom. The van der Waals surface area contributed by atoms with Gasteiger partial charge in [-0.25, -0.2) is 0 Å². The minimum atomic E-state index is -5.30. The Labute approximate surface area is 150 Å². The zero-order valence-electron chi connectivity index (χ0n) is 14.4. The van der Waals surface area contributed by atoms with E-state index < -0.39 is 67.2 Å². The van der Waals surface area contributed by atoms with Crippen LogP contribution < -0.4 is 5.32 Å². The first-order chi connectivity index (χ1) is 12.3. The number of carbonyl (C=O) groups is 4. The van der Waals surface area contributed by atoms with Gasteiger partial charge in [0.25, 0.3) is 0 Å². The molecule has 0 spiro atoms. The highest BCUT2D eigenvalue weighted by molar-refractivity contribution is 5.82. The van der Waals surface area contributed by atoms with Gasteiger partial charge < -0.3 is 29.4 Å². The van der Waals surface area contributed by atoms with Gasteiger partial charge in [-0.3, -0.25) is 19.2 Å². The molecule has 154 valence electrons. The van der Waals surface area contributed by atoms with Crippen molar-refractivity contribution in [1.82, 2.24) is 5.32 Å². The maximum absolute atomic E-state index is 12.5. The number of alkyl halides is 3. The van der Waals surface area contributed by atoms with E-state index in [2.05, 4.69) is 0 Å². The number of hydrogen-bond donors (Lipinski definition) is 2. The molecule has 0 aromatic rings. The van der Waals surface area contributed by atoms with E-state index in [1.807, 2.05) is 0 Å². The third-order valence-corrected chi connectivity index (χ3v) is 3.28. The fraction of sp³-hybridized carbons (Fsp3) is 0.714. The van der Waals surface area contributed by atoms with Crippen LogP contribution in [0.1, 0.15) is 20.8 Å². The number of ether oxygens (including phenoxy) is 4. The van der Waals surface area contributed by atoms with Crippen molar-refractivity contribution in [3.8, 4) is 0 Å². The summed E-state index contributed by atoms with van der Waals surface area (Å²) >= 11 is 0. The van der Waals surface area contributed by atoms with Crippen LogP contribution in [0.3, 0.4) is 0 Å². The summed E-state index contributed by atoms with van der Waals surface area (Å²) in [6, 6.07) is -1.92. The lowest BCUT2D eigenvalue weighted by Crippen LogP contribution is -2.67. The fourth-order valence-electron chi connectivity index (χ4n) is 2.31. The molecule has 1 saturated heterocycles. The number of amides is 1. The molecule has 0 aromatic carbocycles. The zero-order chi connectivity index (χ0) is 20.9. The molecule has 1 unspecified atom stereocenters. The van der Waals surface area contributed by atoms with Crippen molar-refractivity contribution >= 4 is 23.8 Å². The van der Waals surface area contributed by atoms with E-state index in [9.17, 15) is 37.5 Å². The zero-order valence-corrected chi connectivity index (χ0v) is 14.4. The summed E-state index contributed by atoms with van der Waals surface area (Å²) < 4.78 is 57.1. The predicted octanol–water partition coefficient (Wildman–Crippen LogP) is -0.823. The number of aliphatic hydroxyl groups is 1. The topological polar surface area (TPSA) is 137 Å². The van der Waals surface area contributed by atoms with E-state index in [1.165, 1.54) is 5.32 Å². The molecule has 1 fully saturated rings. The van der Waals surface area contributed by atoms with Crippen LogP contribution in [-0.2, 0) is 38.1 Å². The van der Waals surface area contributed by atoms with Gasteiger partial charge in [0, 0.05) is 20.8 Å². The lowest BCUT2D eigenvalue weighted by atomic mass is 9.96. The maximum atomic E-state index is 12.5. The molecule has 0 aromatic heterocycles. The Kier molecular flexibility index (Phi) is 7.54. The second-order valence-corrected chi connectivity index (χ2v) is 5.51. The van der Waals surface area contributed by atoms with Crippen molar-refractivity contribution in [3.63, 3.8) is 0 Å². The van der Waals surface area contributed by atoms with Gasteiger partial charge in [0.05, 0.1) is 0 Å². The highest BCUT2D eigenvalue weighted by atomic mass is 19.4. The number of aliphatic hydroxyl groups excluding tert-OH is 1. The molecule has 0 bridgehead atoms. The number of rotatable bonds is 5. The molecule has 1 amide bonds. The van der Waals surface area contributed by atoms with E-state index in [1.54, 1.807) is 0 Å². The van der Waals surface area contributed by atoms with Crippen LogP contribution in [0.15, 0.2) is 0 Å². The van der Waals surface area contributed by atoms with Gasteiger partial charge in [0.1, 0.15) is 18.8 Å². The lowest BCUT2D eigenvalue weighted by Gasteiger charge is -2.43. The first-order valence-corrected chi connectivity index (χ1v) is 7.52. The molecular weight excluding hydrogens is 383 g/mol. The van der Waals surface area contributed by atoms with Gasteiger partial charge in [-0.1, -0.05) is 0 Å². The molecule has 1 aliphatic heterocycles. The van der Waals surface area contributed by atoms with E-state index >= 15 is 0 Å². The third-order valence-electron chi connectivity index (χ3n) is 3.28. The maximum Gasteiger partial charge on any atom is 0.471 e. The van der Waals surface area contributed by atoms with Gasteiger partial charge in [-0.15, -0.1) is 0 Å². The van der Waals surface area contributed by atoms with Gasteiger partial charge in [-0.2, -0.15) is 13.2 Å². The molecule has 0 aliphatic carbocycles. The Bertz CT molecular complexity index is 595. The van der Waals surface area contributed by atoms with Crippen LogP contribution in [-0.4, -0.2) is 72.3 Å². The first-order valence-electron chi connectivity index (χ1n) is 7.52. The average Bonchev–Trinajstić information content (AvgIpc) is 2.49. The number of hydrogen-bond acceptors (Lipinski definition) is 9. The van der Waals surface area contributed by atoms with Crippen molar-refractivity contribution < 1.29 is 56.4 Å². The molecule has 0 radical (unpaired) electrons. The summed E-state index contributed by atoms with van der Waals surface area (Å²) in [4.78, 5) is 44.9. The Morgan fingerprint density at radius 1 is 1.00 bits per heavy atom. The molecule has 1 heterocycles. The summed E-state index contributed by atoms with van der Waals surface area (Å²) in [7, 11) is 0. The summed E-state index contributed by atoms with van der Waals surface area (Å²) in [6.45, 7) is 2.36. The predicted molar refractivity (Wildman–Crippen MR) is 76.6 cm³/mol. The van der Waals surface area contributed by atoms with Crippen molar-refractivity contribution in [2.75, 3.05) is 6.61 Å². The standard InChI is InChI=1S/C14H18F3NO9/c1-5(19)24-4-8-10(25-6(2)20)11(26-7(3)21)9(12(22)27-8)18-13(23)14(15,16)17/h8-12,22H,4H2,1-3H3,(H,18,23)/t8-,9+,10-,11-,12?/m1/s1. The number of halogens is 3. The van der Waals surface area contributed by atoms with Crippen molar-refractivity contribution in [1.29, 1.82) is 0 Å². The van der Waals surface area contributed by atoms with Crippen molar-refractivity contribution in [2.45, 2.75) is 57.6 Å². The van der Waals surface area contributed by atoms with E-state index in [0.717, 1.165) is 20.8 Å². The van der Waals surface area contributed by atoms with Gasteiger partial charge >= 0.3 is 30.0 Å². The molecule has 5 atom stereocenters. The van der Waals surface area contributed by atoms with Crippen LogP contribution in [0, 0.1) is 0 Å². The molecule has 13 heteroatoms. The first kappa shape index (κ1) is 22.6. The molecule has 0 saturated carbocycles. The Balaban J connectivity index is 3.18. The van der Waals surface area contributed by atoms with Crippen molar-refractivity contribution in [2.24, 2.45) is 0 Å². The minimum Gasteiger partial charge on any atom is -0.463 e. The smallest absolute Gasteiger partial charge is 0.463 e. The third kappa shape index (κ3) is 6.67. The second-order valence-electron chi connectivity index (χ2n) is 5.51. The molecule has 1 rings (SSSR count). The van der Waals surface area contributed by atoms with E-state index in [4.69, 9.17) is 18.9 Å². The molecule has 10 nitrogen and oxygen atoms in total. The molecular formula is C14H18F3NO9. The SMILES string of the molecule is CC(=O)OC[C@H]1OC(O)[C@@H](NC(=O)C(F)(F)F)[C@@H](OC(C)=O)[C@@H]1OC(C)=O. The lowest BCUT2D eigenvalue weighted by molar-refractivity contribution is -0.266. The van der Waals surface area contributed by atoms with Crippen molar-refractivity contribution in [3.05, 3.63) is 0 Å². The van der Waals surface area contributed by atoms with Gasteiger partial charge in [-0.05, 0) is 0 Å². The van der Waals surface area contributed by atoms with Crippen LogP contribution in [0.4, 0.5) is 13.2 Å². The minimum absolute atomic E-state index is 0.567. The number of nitrogens with one attached hydrogen (secondary N) is 1. The summed E-state index contributed by atoms with van der Waals surface area (Å²) in [6.07, 6.45) is -12.1. The number of esters is 3. The summed E-state index contributed by atoms with van der Waals surface area (Å²) in [5.74, 6) is -5.12. The average molecular weight is 401 g/mol. The normalized spacial score (nSPS) is 28.0. The van der Waals surface area contributed by atoms with Crippen LogP contribution in [0.2, 0.25) is 0 Å². The van der Waals surface area contributed by atoms with Gasteiger partial charge in [0.15, 0.2) is 18.5 Å². The molecule has 27 heavy (non-hydrogen) atoms. The van der Waals surface area contributed by atoms with Crippen LogP contribution >= 0.6 is 0 Å². The Hall–Kier alpha value is -2.41. The van der Waals surface area contributed by atoms with Crippen LogP contribution in [0.5, 0.6) is 0 Å². The van der Waals surface area contributed by atoms with E-state index in [-0.39, 0.29) is 0 Å². The van der Waals surface area contributed by atoms with Gasteiger partial charge in [0.2, 0.25) is 0 Å². The highest BCUT2D eigenvalue weighted by Crippen LogP contribution is 2.27. The summed E-state index contributed by atoms with van der Waals surface area (Å²) in [5.41, 5.74) is 0. The summed E-state index contributed by atoms with van der Waals surface area (Å²) in [5, 5.41) is 11.4. The molecule has 2 N–H and O–H groups in total. The monoisotopic (exact) mass is 401 g/mol. The highest BCUT2D eigenvalue weighted by Gasteiger charge is 2.52.